The molecule has 0 amide bonds. The molecule has 0 radical (unpaired) electrons. The van der Waals surface area contributed by atoms with Crippen LogP contribution in [0.2, 0.25) is 0 Å². The molecule has 0 aromatic rings. The lowest BCUT2D eigenvalue weighted by Crippen LogP contribution is -2.18. The van der Waals surface area contributed by atoms with Crippen LogP contribution in [0.3, 0.4) is 0 Å². The van der Waals surface area contributed by atoms with E-state index in [0.29, 0.717) is 12.7 Å². The Morgan fingerprint density at radius 1 is 1.27 bits per heavy atom. The molecule has 1 atom stereocenters. The maximum atomic E-state index is 8.55. The lowest BCUT2D eigenvalue weighted by molar-refractivity contribution is 0.00927. The molecule has 1 aliphatic heterocycles. The Labute approximate surface area is 68.6 Å². The Morgan fingerprint density at radius 2 is 2.18 bits per heavy atom. The third-order valence-corrected chi connectivity index (χ3v) is 2.21. The van der Waals surface area contributed by atoms with Crippen molar-refractivity contribution in [2.45, 2.75) is 44.6 Å². The van der Waals surface area contributed by atoms with Gasteiger partial charge in [0.25, 0.3) is 0 Å². The van der Waals surface area contributed by atoms with Crippen molar-refractivity contribution in [3.63, 3.8) is 0 Å². The average Bonchev–Trinajstić information content (AvgIpc) is 2.07. The summed E-state index contributed by atoms with van der Waals surface area (Å²) in [4.78, 5) is 0. The van der Waals surface area contributed by atoms with Gasteiger partial charge in [-0.25, -0.2) is 0 Å². The van der Waals surface area contributed by atoms with E-state index in [-0.39, 0.29) is 0 Å². The van der Waals surface area contributed by atoms with Gasteiger partial charge in [-0.15, -0.1) is 0 Å². The molecule has 0 aliphatic carbocycles. The first-order chi connectivity index (χ1) is 5.43. The van der Waals surface area contributed by atoms with Gasteiger partial charge in [-0.3, -0.25) is 0 Å². The normalized spacial score (nSPS) is 25.4. The molecule has 1 aliphatic rings. The van der Waals surface area contributed by atoms with Gasteiger partial charge in [0.15, 0.2) is 0 Å². The molecule has 1 N–H and O–H groups in total. The Balaban J connectivity index is 1.96. The van der Waals surface area contributed by atoms with Crippen LogP contribution in [0.1, 0.15) is 38.5 Å². The highest BCUT2D eigenvalue weighted by Gasteiger charge is 2.12. The predicted molar refractivity (Wildman–Crippen MR) is 44.5 cm³/mol. The lowest BCUT2D eigenvalue weighted by Gasteiger charge is -2.22. The highest BCUT2D eigenvalue weighted by molar-refractivity contribution is 4.63. The van der Waals surface area contributed by atoms with E-state index < -0.39 is 0 Å². The molecule has 0 spiro atoms. The third kappa shape index (κ3) is 3.73. The third-order valence-electron chi connectivity index (χ3n) is 2.21. The monoisotopic (exact) mass is 158 g/mol. The summed E-state index contributed by atoms with van der Waals surface area (Å²) in [7, 11) is 0. The number of aliphatic hydroxyl groups excluding tert-OH is 1. The molecular weight excluding hydrogens is 140 g/mol. The zero-order chi connectivity index (χ0) is 7.94. The van der Waals surface area contributed by atoms with Crippen molar-refractivity contribution in [2.75, 3.05) is 13.2 Å². The van der Waals surface area contributed by atoms with Crippen LogP contribution in [0.4, 0.5) is 0 Å². The van der Waals surface area contributed by atoms with Gasteiger partial charge in [0.05, 0.1) is 6.10 Å². The lowest BCUT2D eigenvalue weighted by atomic mass is 10.0. The first-order valence-corrected chi connectivity index (χ1v) is 4.66. The first kappa shape index (κ1) is 9.01. The molecule has 1 saturated heterocycles. The summed E-state index contributed by atoms with van der Waals surface area (Å²) in [6.07, 6.45) is 7.46. The zero-order valence-electron chi connectivity index (χ0n) is 7.09. The Bertz CT molecular complexity index is 87.6. The number of hydrogen-bond donors (Lipinski definition) is 1. The minimum Gasteiger partial charge on any atom is -0.396 e. The molecule has 0 unspecified atom stereocenters. The second-order valence-corrected chi connectivity index (χ2v) is 3.21. The van der Waals surface area contributed by atoms with Crippen LogP contribution < -0.4 is 0 Å². The maximum absolute atomic E-state index is 8.55. The van der Waals surface area contributed by atoms with Crippen LogP contribution in [-0.4, -0.2) is 24.4 Å². The minimum atomic E-state index is 0.326. The molecule has 2 heteroatoms. The second kappa shape index (κ2) is 5.56. The first-order valence-electron chi connectivity index (χ1n) is 4.66. The zero-order valence-corrected chi connectivity index (χ0v) is 7.09. The minimum absolute atomic E-state index is 0.326. The molecule has 0 aromatic carbocycles. The van der Waals surface area contributed by atoms with E-state index in [1.165, 1.54) is 19.3 Å². The number of hydrogen-bond acceptors (Lipinski definition) is 2. The van der Waals surface area contributed by atoms with Gasteiger partial charge in [0.2, 0.25) is 0 Å². The topological polar surface area (TPSA) is 29.5 Å². The molecule has 0 saturated carbocycles. The average molecular weight is 158 g/mol. The van der Waals surface area contributed by atoms with Crippen molar-refractivity contribution in [1.29, 1.82) is 0 Å². The van der Waals surface area contributed by atoms with Crippen molar-refractivity contribution < 1.29 is 9.84 Å². The van der Waals surface area contributed by atoms with Crippen molar-refractivity contribution in [3.8, 4) is 0 Å². The summed E-state index contributed by atoms with van der Waals surface area (Å²) < 4.78 is 5.54. The van der Waals surface area contributed by atoms with Crippen LogP contribution in [0.25, 0.3) is 0 Å². The van der Waals surface area contributed by atoms with Gasteiger partial charge in [-0.05, 0) is 38.5 Å². The van der Waals surface area contributed by atoms with Gasteiger partial charge in [0.1, 0.15) is 0 Å². The fourth-order valence-corrected chi connectivity index (χ4v) is 1.52. The van der Waals surface area contributed by atoms with Gasteiger partial charge in [0, 0.05) is 13.2 Å². The van der Waals surface area contributed by atoms with Crippen molar-refractivity contribution >= 4 is 0 Å². The van der Waals surface area contributed by atoms with Crippen LogP contribution in [0, 0.1) is 0 Å². The quantitative estimate of drug-likeness (QED) is 0.631. The van der Waals surface area contributed by atoms with Crippen LogP contribution in [0.5, 0.6) is 0 Å². The SMILES string of the molecule is OCCCC[C@H]1CCCCO1. The Hall–Kier alpha value is -0.0800. The summed E-state index contributed by atoms with van der Waals surface area (Å²) in [5, 5.41) is 8.55. The second-order valence-electron chi connectivity index (χ2n) is 3.21. The van der Waals surface area contributed by atoms with Crippen LogP contribution >= 0.6 is 0 Å². The summed E-state index contributed by atoms with van der Waals surface area (Å²) in [5.41, 5.74) is 0. The van der Waals surface area contributed by atoms with Crippen LogP contribution in [-0.2, 0) is 4.74 Å². The molecule has 0 bridgehead atoms. The van der Waals surface area contributed by atoms with Gasteiger partial charge in [-0.2, -0.15) is 0 Å². The fourth-order valence-electron chi connectivity index (χ4n) is 1.52. The summed E-state index contributed by atoms with van der Waals surface area (Å²) in [6, 6.07) is 0. The number of ether oxygens (including phenoxy) is 1. The van der Waals surface area contributed by atoms with E-state index >= 15 is 0 Å². The van der Waals surface area contributed by atoms with Crippen molar-refractivity contribution in [3.05, 3.63) is 0 Å². The standard InChI is InChI=1S/C9H18O2/c10-7-3-1-5-9-6-2-4-8-11-9/h9-10H,1-8H2/t9-/m0/s1. The largest absolute Gasteiger partial charge is 0.396 e. The van der Waals surface area contributed by atoms with Crippen LogP contribution in [0.15, 0.2) is 0 Å². The van der Waals surface area contributed by atoms with Crippen molar-refractivity contribution in [2.24, 2.45) is 0 Å². The smallest absolute Gasteiger partial charge is 0.0575 e. The highest BCUT2D eigenvalue weighted by Crippen LogP contribution is 2.17. The number of unbranched alkanes of at least 4 members (excludes halogenated alkanes) is 1. The van der Waals surface area contributed by atoms with Crippen molar-refractivity contribution in [1.82, 2.24) is 0 Å². The summed E-state index contributed by atoms with van der Waals surface area (Å²) in [6.45, 7) is 1.27. The van der Waals surface area contributed by atoms with E-state index in [1.807, 2.05) is 0 Å². The molecule has 0 aromatic heterocycles. The summed E-state index contributed by atoms with van der Waals surface area (Å²) >= 11 is 0. The Kier molecular flexibility index (Phi) is 4.55. The number of rotatable bonds is 4. The molecule has 1 heterocycles. The molecule has 66 valence electrons. The van der Waals surface area contributed by atoms with E-state index in [1.54, 1.807) is 0 Å². The van der Waals surface area contributed by atoms with Gasteiger partial charge in [-0.1, -0.05) is 0 Å². The molecule has 1 rings (SSSR count). The summed E-state index contributed by atoms with van der Waals surface area (Å²) in [5.74, 6) is 0. The molecule has 2 nitrogen and oxygen atoms in total. The van der Waals surface area contributed by atoms with E-state index in [4.69, 9.17) is 9.84 Å². The molecular formula is C9H18O2. The predicted octanol–water partition coefficient (Wildman–Crippen LogP) is 1.72. The van der Waals surface area contributed by atoms with Gasteiger partial charge < -0.3 is 9.84 Å². The molecule has 1 fully saturated rings. The molecule has 11 heavy (non-hydrogen) atoms. The van der Waals surface area contributed by atoms with E-state index in [2.05, 4.69) is 0 Å². The van der Waals surface area contributed by atoms with Gasteiger partial charge >= 0.3 is 0 Å². The van der Waals surface area contributed by atoms with E-state index in [9.17, 15) is 0 Å². The van der Waals surface area contributed by atoms with E-state index in [0.717, 1.165) is 25.9 Å². The number of aliphatic hydroxyl groups is 1. The Morgan fingerprint density at radius 3 is 2.82 bits per heavy atom. The maximum Gasteiger partial charge on any atom is 0.0575 e. The fraction of sp³-hybridized carbons (Fsp3) is 1.00. The highest BCUT2D eigenvalue weighted by atomic mass is 16.5.